The SMILES string of the molecule is C1COCCO1.CCC(O)O. The second kappa shape index (κ2) is 7.94. The third-order valence-corrected chi connectivity index (χ3v) is 1.11. The van der Waals surface area contributed by atoms with Gasteiger partial charge in [0.05, 0.1) is 26.4 Å². The number of hydrogen-bond acceptors (Lipinski definition) is 4. The van der Waals surface area contributed by atoms with Crippen molar-refractivity contribution in [2.75, 3.05) is 26.4 Å². The molecule has 11 heavy (non-hydrogen) atoms. The van der Waals surface area contributed by atoms with Gasteiger partial charge >= 0.3 is 0 Å². The molecular weight excluding hydrogens is 148 g/mol. The minimum absolute atomic E-state index is 0.417. The monoisotopic (exact) mass is 164 g/mol. The van der Waals surface area contributed by atoms with Crippen LogP contribution >= 0.6 is 0 Å². The molecule has 0 bridgehead atoms. The smallest absolute Gasteiger partial charge is 0.151 e. The van der Waals surface area contributed by atoms with Crippen LogP contribution in [0.5, 0.6) is 0 Å². The summed E-state index contributed by atoms with van der Waals surface area (Å²) >= 11 is 0. The predicted molar refractivity (Wildman–Crippen MR) is 40.2 cm³/mol. The molecule has 2 N–H and O–H groups in total. The highest BCUT2D eigenvalue weighted by Gasteiger charge is 1.94. The van der Waals surface area contributed by atoms with Gasteiger partial charge in [-0.15, -0.1) is 0 Å². The highest BCUT2D eigenvalue weighted by molar-refractivity contribution is 4.37. The van der Waals surface area contributed by atoms with Crippen LogP contribution in [0.3, 0.4) is 0 Å². The van der Waals surface area contributed by atoms with Gasteiger partial charge in [0.2, 0.25) is 0 Å². The number of aliphatic hydroxyl groups is 2. The molecule has 1 fully saturated rings. The van der Waals surface area contributed by atoms with E-state index in [-0.39, 0.29) is 0 Å². The number of aliphatic hydroxyl groups excluding tert-OH is 1. The fourth-order valence-corrected chi connectivity index (χ4v) is 0.440. The van der Waals surface area contributed by atoms with Crippen LogP contribution in [0, 0.1) is 0 Å². The second-order valence-corrected chi connectivity index (χ2v) is 2.11. The Morgan fingerprint density at radius 2 is 1.36 bits per heavy atom. The minimum Gasteiger partial charge on any atom is -0.377 e. The van der Waals surface area contributed by atoms with E-state index in [9.17, 15) is 0 Å². The predicted octanol–water partition coefficient (Wildman–Crippen LogP) is -0.260. The van der Waals surface area contributed by atoms with Crippen LogP contribution in [0.1, 0.15) is 13.3 Å². The van der Waals surface area contributed by atoms with Gasteiger partial charge in [-0.05, 0) is 6.42 Å². The molecule has 0 aliphatic carbocycles. The van der Waals surface area contributed by atoms with Gasteiger partial charge in [-0.25, -0.2) is 0 Å². The lowest BCUT2D eigenvalue weighted by Crippen LogP contribution is -2.16. The lowest BCUT2D eigenvalue weighted by Gasteiger charge is -2.09. The minimum atomic E-state index is -1.12. The summed E-state index contributed by atoms with van der Waals surface area (Å²) in [6.45, 7) is 4.81. The third kappa shape index (κ3) is 9.84. The van der Waals surface area contributed by atoms with Crippen molar-refractivity contribution in [1.29, 1.82) is 0 Å². The summed E-state index contributed by atoms with van der Waals surface area (Å²) in [5, 5.41) is 15.8. The Labute approximate surface area is 66.7 Å². The van der Waals surface area contributed by atoms with Crippen molar-refractivity contribution in [3.8, 4) is 0 Å². The van der Waals surface area contributed by atoms with Crippen LogP contribution in [-0.2, 0) is 9.47 Å². The van der Waals surface area contributed by atoms with Gasteiger partial charge in [0.15, 0.2) is 6.29 Å². The van der Waals surface area contributed by atoms with Crippen LogP contribution in [0.15, 0.2) is 0 Å². The fraction of sp³-hybridized carbons (Fsp3) is 1.00. The maximum atomic E-state index is 7.92. The second-order valence-electron chi connectivity index (χ2n) is 2.11. The Morgan fingerprint density at radius 1 is 1.09 bits per heavy atom. The Kier molecular flexibility index (Phi) is 7.83. The maximum absolute atomic E-state index is 7.92. The van der Waals surface area contributed by atoms with E-state index in [2.05, 4.69) is 0 Å². The standard InChI is InChI=1S/C4H8O2.C3H8O2/c1-2-6-4-3-5-1;1-2-3(4)5/h1-4H2;3-5H,2H2,1H3. The van der Waals surface area contributed by atoms with Crippen LogP contribution in [0.4, 0.5) is 0 Å². The van der Waals surface area contributed by atoms with Gasteiger partial charge < -0.3 is 19.7 Å². The molecule has 0 saturated carbocycles. The molecule has 68 valence electrons. The molecule has 0 aromatic rings. The maximum Gasteiger partial charge on any atom is 0.151 e. The van der Waals surface area contributed by atoms with Crippen molar-refractivity contribution >= 4 is 0 Å². The molecule has 4 heteroatoms. The fourth-order valence-electron chi connectivity index (χ4n) is 0.440. The number of hydrogen-bond donors (Lipinski definition) is 2. The first kappa shape index (κ1) is 10.8. The van der Waals surface area contributed by atoms with E-state index < -0.39 is 6.29 Å². The van der Waals surface area contributed by atoms with Gasteiger partial charge in [-0.1, -0.05) is 6.92 Å². The zero-order valence-corrected chi connectivity index (χ0v) is 6.82. The van der Waals surface area contributed by atoms with E-state index in [1.165, 1.54) is 0 Å². The Balaban J connectivity index is 0.000000187. The van der Waals surface area contributed by atoms with Crippen LogP contribution in [0.2, 0.25) is 0 Å². The lowest BCUT2D eigenvalue weighted by atomic mass is 10.5. The molecule has 1 rings (SSSR count). The van der Waals surface area contributed by atoms with Gasteiger partial charge in [0.25, 0.3) is 0 Å². The number of rotatable bonds is 1. The molecule has 0 amide bonds. The first-order chi connectivity index (χ1) is 5.27. The van der Waals surface area contributed by atoms with Crippen LogP contribution < -0.4 is 0 Å². The molecule has 1 saturated heterocycles. The quantitative estimate of drug-likeness (QED) is 0.524. The van der Waals surface area contributed by atoms with E-state index in [4.69, 9.17) is 19.7 Å². The normalized spacial score (nSPS) is 17.5. The van der Waals surface area contributed by atoms with E-state index in [0.717, 1.165) is 26.4 Å². The van der Waals surface area contributed by atoms with E-state index in [1.807, 2.05) is 0 Å². The summed E-state index contributed by atoms with van der Waals surface area (Å²) in [6.07, 6.45) is -0.699. The van der Waals surface area contributed by atoms with Gasteiger partial charge in [0.1, 0.15) is 0 Å². The summed E-state index contributed by atoms with van der Waals surface area (Å²) < 4.78 is 9.89. The zero-order chi connectivity index (χ0) is 8.53. The molecule has 0 unspecified atom stereocenters. The van der Waals surface area contributed by atoms with E-state index >= 15 is 0 Å². The summed E-state index contributed by atoms with van der Waals surface area (Å²) in [5.74, 6) is 0. The van der Waals surface area contributed by atoms with Crippen molar-refractivity contribution in [3.05, 3.63) is 0 Å². The average molecular weight is 164 g/mol. The summed E-state index contributed by atoms with van der Waals surface area (Å²) in [5.41, 5.74) is 0. The zero-order valence-electron chi connectivity index (χ0n) is 6.82. The number of ether oxygens (including phenoxy) is 2. The molecule has 0 atom stereocenters. The highest BCUT2D eigenvalue weighted by Crippen LogP contribution is 1.85. The Bertz CT molecular complexity index is 59.3. The Hall–Kier alpha value is -0.160. The summed E-state index contributed by atoms with van der Waals surface area (Å²) in [7, 11) is 0. The highest BCUT2D eigenvalue weighted by atomic mass is 16.6. The topological polar surface area (TPSA) is 58.9 Å². The largest absolute Gasteiger partial charge is 0.377 e. The van der Waals surface area contributed by atoms with Crippen molar-refractivity contribution in [2.24, 2.45) is 0 Å². The van der Waals surface area contributed by atoms with Gasteiger partial charge in [-0.3, -0.25) is 0 Å². The van der Waals surface area contributed by atoms with E-state index in [1.54, 1.807) is 6.92 Å². The van der Waals surface area contributed by atoms with Crippen LogP contribution in [0.25, 0.3) is 0 Å². The first-order valence-corrected chi connectivity index (χ1v) is 3.79. The average Bonchev–Trinajstić information content (AvgIpc) is 2.09. The van der Waals surface area contributed by atoms with Gasteiger partial charge in [0, 0.05) is 0 Å². The first-order valence-electron chi connectivity index (χ1n) is 3.79. The van der Waals surface area contributed by atoms with E-state index in [0.29, 0.717) is 6.42 Å². The summed E-state index contributed by atoms with van der Waals surface area (Å²) in [6, 6.07) is 0. The molecular formula is C7H16O4. The molecule has 4 nitrogen and oxygen atoms in total. The van der Waals surface area contributed by atoms with Crippen molar-refractivity contribution in [3.63, 3.8) is 0 Å². The Morgan fingerprint density at radius 3 is 1.45 bits per heavy atom. The van der Waals surface area contributed by atoms with Crippen molar-refractivity contribution in [1.82, 2.24) is 0 Å². The third-order valence-electron chi connectivity index (χ3n) is 1.11. The molecule has 0 aromatic heterocycles. The molecule has 1 aliphatic rings. The molecule has 1 aliphatic heterocycles. The molecule has 0 aromatic carbocycles. The summed E-state index contributed by atoms with van der Waals surface area (Å²) in [4.78, 5) is 0. The lowest BCUT2D eigenvalue weighted by molar-refractivity contribution is -0.0413. The molecule has 1 heterocycles. The molecule has 0 radical (unpaired) electrons. The van der Waals surface area contributed by atoms with Crippen LogP contribution in [-0.4, -0.2) is 42.9 Å². The van der Waals surface area contributed by atoms with Crippen molar-refractivity contribution < 1.29 is 19.7 Å². The van der Waals surface area contributed by atoms with Crippen molar-refractivity contribution in [2.45, 2.75) is 19.6 Å². The molecule has 0 spiro atoms. The van der Waals surface area contributed by atoms with Gasteiger partial charge in [-0.2, -0.15) is 0 Å².